The van der Waals surface area contributed by atoms with Crippen LogP contribution < -0.4 is 11.1 Å². The highest BCUT2D eigenvalue weighted by atomic mass is 35.5. The molecule has 1 rings (SSSR count). The van der Waals surface area contributed by atoms with E-state index in [1.54, 1.807) is 12.1 Å². The molecule has 0 aromatic heterocycles. The van der Waals surface area contributed by atoms with Gasteiger partial charge in [0.1, 0.15) is 0 Å². The summed E-state index contributed by atoms with van der Waals surface area (Å²) in [5.41, 5.74) is 7.45. The van der Waals surface area contributed by atoms with Gasteiger partial charge in [0, 0.05) is 10.7 Å². The van der Waals surface area contributed by atoms with Crippen LogP contribution in [0.3, 0.4) is 0 Å². The fourth-order valence-electron chi connectivity index (χ4n) is 1.47. The van der Waals surface area contributed by atoms with Crippen molar-refractivity contribution in [1.82, 2.24) is 0 Å². The van der Waals surface area contributed by atoms with E-state index in [1.807, 2.05) is 26.8 Å². The Hall–Kier alpha value is -1.06. The summed E-state index contributed by atoms with van der Waals surface area (Å²) in [5.74, 6) is -0.000734. The van der Waals surface area contributed by atoms with Gasteiger partial charge < -0.3 is 11.1 Å². The number of hydrogen-bond acceptors (Lipinski definition) is 2. The van der Waals surface area contributed by atoms with Crippen molar-refractivity contribution < 1.29 is 4.79 Å². The number of nitrogens with two attached hydrogens (primary N) is 1. The van der Waals surface area contributed by atoms with Crippen molar-refractivity contribution in [2.75, 3.05) is 5.32 Å². The molecule has 0 aliphatic rings. The van der Waals surface area contributed by atoms with Gasteiger partial charge in [-0.2, -0.15) is 0 Å². The summed E-state index contributed by atoms with van der Waals surface area (Å²) in [6.07, 6.45) is 0.878. The van der Waals surface area contributed by atoms with Crippen molar-refractivity contribution in [3.8, 4) is 0 Å². The fraction of sp³-hybridized carbons (Fsp3) is 0.462. The molecule has 0 heterocycles. The van der Waals surface area contributed by atoms with Crippen LogP contribution in [-0.2, 0) is 4.79 Å². The normalized spacial score (nSPS) is 14.2. The summed E-state index contributed by atoms with van der Waals surface area (Å²) in [5, 5.41) is 3.46. The maximum Gasteiger partial charge on any atom is 0.241 e. The van der Waals surface area contributed by atoms with Crippen LogP contribution in [0.2, 0.25) is 5.02 Å². The summed E-state index contributed by atoms with van der Waals surface area (Å²) in [4.78, 5) is 11.9. The molecule has 0 aliphatic heterocycles. The average Bonchev–Trinajstić information content (AvgIpc) is 2.32. The number of carbonyl (C=O) groups excluding carboxylic acids is 1. The van der Waals surface area contributed by atoms with Gasteiger partial charge in [-0.15, -0.1) is 0 Å². The van der Waals surface area contributed by atoms with Crippen LogP contribution in [0.5, 0.6) is 0 Å². The minimum absolute atomic E-state index is 0.162. The van der Waals surface area contributed by atoms with Gasteiger partial charge in [0.2, 0.25) is 5.91 Å². The zero-order valence-corrected chi connectivity index (χ0v) is 11.2. The summed E-state index contributed by atoms with van der Waals surface area (Å²) in [7, 11) is 0. The lowest BCUT2D eigenvalue weighted by Gasteiger charge is -2.18. The van der Waals surface area contributed by atoms with Gasteiger partial charge in [-0.1, -0.05) is 37.9 Å². The van der Waals surface area contributed by atoms with Crippen molar-refractivity contribution in [2.24, 2.45) is 11.7 Å². The molecule has 0 spiro atoms. The van der Waals surface area contributed by atoms with E-state index in [-0.39, 0.29) is 11.8 Å². The number of nitrogens with one attached hydrogen (secondary N) is 1. The van der Waals surface area contributed by atoms with Crippen molar-refractivity contribution in [2.45, 2.75) is 33.2 Å². The predicted octanol–water partition coefficient (Wildman–Crippen LogP) is 2.96. The molecular weight excluding hydrogens is 236 g/mol. The molecule has 2 atom stereocenters. The summed E-state index contributed by atoms with van der Waals surface area (Å²) in [6, 6.07) is 4.93. The molecule has 94 valence electrons. The topological polar surface area (TPSA) is 55.1 Å². The molecule has 3 nitrogen and oxygen atoms in total. The smallest absolute Gasteiger partial charge is 0.241 e. The fourth-order valence-corrected chi connectivity index (χ4v) is 1.65. The van der Waals surface area contributed by atoms with Crippen LogP contribution in [0, 0.1) is 12.8 Å². The average molecular weight is 255 g/mol. The second-order valence-electron chi connectivity index (χ2n) is 4.31. The number of hydrogen-bond donors (Lipinski definition) is 2. The minimum Gasteiger partial charge on any atom is -0.324 e. The summed E-state index contributed by atoms with van der Waals surface area (Å²) >= 11 is 5.98. The number of amides is 1. The first-order chi connectivity index (χ1) is 7.97. The van der Waals surface area contributed by atoms with Crippen LogP contribution in [0.25, 0.3) is 0 Å². The first-order valence-electron chi connectivity index (χ1n) is 5.79. The third-order valence-electron chi connectivity index (χ3n) is 3.09. The van der Waals surface area contributed by atoms with E-state index in [2.05, 4.69) is 5.32 Å². The molecule has 0 fully saturated rings. The molecular formula is C13H19ClN2O. The molecule has 4 heteroatoms. The molecule has 0 aliphatic carbocycles. The second kappa shape index (κ2) is 6.03. The van der Waals surface area contributed by atoms with Crippen molar-refractivity contribution in [3.63, 3.8) is 0 Å². The first-order valence-corrected chi connectivity index (χ1v) is 6.16. The largest absolute Gasteiger partial charge is 0.324 e. The number of carbonyl (C=O) groups is 1. The molecule has 0 bridgehead atoms. The Labute approximate surface area is 107 Å². The predicted molar refractivity (Wildman–Crippen MR) is 72.2 cm³/mol. The van der Waals surface area contributed by atoms with Crippen molar-refractivity contribution >= 4 is 23.2 Å². The highest BCUT2D eigenvalue weighted by Gasteiger charge is 2.19. The Morgan fingerprint density at radius 3 is 2.76 bits per heavy atom. The van der Waals surface area contributed by atoms with Gasteiger partial charge in [0.25, 0.3) is 0 Å². The lowest BCUT2D eigenvalue weighted by atomic mass is 9.99. The van der Waals surface area contributed by atoms with E-state index in [1.165, 1.54) is 0 Å². The molecule has 1 aromatic carbocycles. The molecule has 0 radical (unpaired) electrons. The monoisotopic (exact) mass is 254 g/mol. The van der Waals surface area contributed by atoms with E-state index in [0.717, 1.165) is 17.7 Å². The number of anilines is 1. The van der Waals surface area contributed by atoms with Crippen LogP contribution in [0.15, 0.2) is 18.2 Å². The Morgan fingerprint density at radius 2 is 2.18 bits per heavy atom. The lowest BCUT2D eigenvalue weighted by Crippen LogP contribution is -2.40. The van der Waals surface area contributed by atoms with E-state index in [0.29, 0.717) is 5.02 Å². The van der Waals surface area contributed by atoms with Gasteiger partial charge in [-0.3, -0.25) is 4.79 Å². The zero-order valence-electron chi connectivity index (χ0n) is 10.5. The zero-order chi connectivity index (χ0) is 13.0. The maximum absolute atomic E-state index is 11.9. The van der Waals surface area contributed by atoms with Crippen molar-refractivity contribution in [1.29, 1.82) is 0 Å². The van der Waals surface area contributed by atoms with Crippen molar-refractivity contribution in [3.05, 3.63) is 28.8 Å². The third kappa shape index (κ3) is 3.45. The van der Waals surface area contributed by atoms with Gasteiger partial charge in [-0.25, -0.2) is 0 Å². The maximum atomic E-state index is 11.9. The van der Waals surface area contributed by atoms with Crippen LogP contribution >= 0.6 is 11.6 Å². The van der Waals surface area contributed by atoms with E-state index in [4.69, 9.17) is 17.3 Å². The molecule has 0 saturated heterocycles. The summed E-state index contributed by atoms with van der Waals surface area (Å²) in [6.45, 7) is 5.85. The van der Waals surface area contributed by atoms with E-state index < -0.39 is 6.04 Å². The highest BCUT2D eigenvalue weighted by molar-refractivity contribution is 6.31. The number of halogens is 1. The molecule has 1 aromatic rings. The van der Waals surface area contributed by atoms with Gasteiger partial charge >= 0.3 is 0 Å². The van der Waals surface area contributed by atoms with Gasteiger partial charge in [-0.05, 0) is 30.5 Å². The Kier molecular flexibility index (Phi) is 4.97. The Balaban J connectivity index is 2.78. The summed E-state index contributed by atoms with van der Waals surface area (Å²) < 4.78 is 0. The molecule has 3 N–H and O–H groups in total. The van der Waals surface area contributed by atoms with Crippen LogP contribution in [0.1, 0.15) is 25.8 Å². The SMILES string of the molecule is CCC(C)[C@H](N)C(=O)Nc1cccc(Cl)c1C. The quantitative estimate of drug-likeness (QED) is 0.868. The van der Waals surface area contributed by atoms with Crippen LogP contribution in [0.4, 0.5) is 5.69 Å². The second-order valence-corrected chi connectivity index (χ2v) is 4.72. The van der Waals surface area contributed by atoms with E-state index >= 15 is 0 Å². The first kappa shape index (κ1) is 14.0. The lowest BCUT2D eigenvalue weighted by molar-refractivity contribution is -0.118. The standard InChI is InChI=1S/C13H19ClN2O/c1-4-8(2)12(15)13(17)16-11-7-5-6-10(14)9(11)3/h5-8,12H,4,15H2,1-3H3,(H,16,17)/t8?,12-/m0/s1. The van der Waals surface area contributed by atoms with E-state index in [9.17, 15) is 4.79 Å². The minimum atomic E-state index is -0.488. The molecule has 1 amide bonds. The molecule has 1 unspecified atom stereocenters. The van der Waals surface area contributed by atoms with Crippen LogP contribution in [-0.4, -0.2) is 11.9 Å². The van der Waals surface area contributed by atoms with Gasteiger partial charge in [0.15, 0.2) is 0 Å². The molecule has 0 saturated carbocycles. The number of benzene rings is 1. The third-order valence-corrected chi connectivity index (χ3v) is 3.49. The molecule has 17 heavy (non-hydrogen) atoms. The Bertz CT molecular complexity index is 406. The van der Waals surface area contributed by atoms with Gasteiger partial charge in [0.05, 0.1) is 6.04 Å². The Morgan fingerprint density at radius 1 is 1.53 bits per heavy atom. The number of rotatable bonds is 4. The highest BCUT2D eigenvalue weighted by Crippen LogP contribution is 2.23.